The number of likely N-dealkylation sites (tertiary alicyclic amines) is 1. The summed E-state index contributed by atoms with van der Waals surface area (Å²) in [6.45, 7) is 1.90. The molecule has 0 aliphatic carbocycles. The molecule has 1 unspecified atom stereocenters. The summed E-state index contributed by atoms with van der Waals surface area (Å²) >= 11 is 0. The fraction of sp³-hybridized carbons (Fsp3) is 0.562. The van der Waals surface area contributed by atoms with Gasteiger partial charge < -0.3 is 14.7 Å². The summed E-state index contributed by atoms with van der Waals surface area (Å²) in [7, 11) is 2.19. The van der Waals surface area contributed by atoms with Crippen molar-refractivity contribution < 1.29 is 14.6 Å². The molecule has 20 heavy (non-hydrogen) atoms. The number of benzene rings is 1. The van der Waals surface area contributed by atoms with Crippen LogP contribution in [-0.4, -0.2) is 42.2 Å². The van der Waals surface area contributed by atoms with Crippen LogP contribution in [0.15, 0.2) is 24.3 Å². The maximum Gasteiger partial charge on any atom is 0.307 e. The second-order valence-electron chi connectivity index (χ2n) is 5.48. The monoisotopic (exact) mass is 277 g/mol. The summed E-state index contributed by atoms with van der Waals surface area (Å²) < 4.78 is 5.74. The van der Waals surface area contributed by atoms with E-state index in [4.69, 9.17) is 9.84 Å². The molecule has 0 spiro atoms. The van der Waals surface area contributed by atoms with Crippen LogP contribution in [-0.2, 0) is 11.2 Å². The van der Waals surface area contributed by atoms with Crippen LogP contribution >= 0.6 is 0 Å². The summed E-state index contributed by atoms with van der Waals surface area (Å²) in [5, 5.41) is 8.71. The average molecular weight is 277 g/mol. The van der Waals surface area contributed by atoms with Gasteiger partial charge in [-0.15, -0.1) is 0 Å². The van der Waals surface area contributed by atoms with Crippen molar-refractivity contribution in [2.75, 3.05) is 20.2 Å². The van der Waals surface area contributed by atoms with E-state index in [9.17, 15) is 4.79 Å². The molecule has 0 amide bonds. The largest absolute Gasteiger partial charge is 0.494 e. The minimum Gasteiger partial charge on any atom is -0.494 e. The molecule has 1 saturated heterocycles. The Balaban J connectivity index is 1.74. The molecule has 1 heterocycles. The Morgan fingerprint density at radius 3 is 2.75 bits per heavy atom. The lowest BCUT2D eigenvalue weighted by atomic mass is 10.0. The first-order valence-corrected chi connectivity index (χ1v) is 7.29. The first-order valence-electron chi connectivity index (χ1n) is 7.29. The zero-order chi connectivity index (χ0) is 14.4. The van der Waals surface area contributed by atoms with Crippen molar-refractivity contribution in [1.29, 1.82) is 0 Å². The Labute approximate surface area is 120 Å². The third-order valence-electron chi connectivity index (χ3n) is 3.92. The highest BCUT2D eigenvalue weighted by atomic mass is 16.5. The van der Waals surface area contributed by atoms with Gasteiger partial charge in [0, 0.05) is 6.04 Å². The molecule has 1 N–H and O–H groups in total. The number of rotatable bonds is 6. The highest BCUT2D eigenvalue weighted by molar-refractivity contribution is 5.70. The Kier molecular flexibility index (Phi) is 5.41. The lowest BCUT2D eigenvalue weighted by Gasteiger charge is -2.32. The summed E-state index contributed by atoms with van der Waals surface area (Å²) in [4.78, 5) is 13.0. The van der Waals surface area contributed by atoms with Gasteiger partial charge >= 0.3 is 5.97 Å². The molecular weight excluding hydrogens is 254 g/mol. The van der Waals surface area contributed by atoms with Crippen molar-refractivity contribution in [3.8, 4) is 5.75 Å². The Bertz CT molecular complexity index is 430. The van der Waals surface area contributed by atoms with Crippen LogP contribution in [0.4, 0.5) is 0 Å². The summed E-state index contributed by atoms with van der Waals surface area (Å²) in [6, 6.07) is 7.97. The molecule has 1 aliphatic rings. The molecule has 0 radical (unpaired) electrons. The molecular formula is C16H23NO3. The van der Waals surface area contributed by atoms with E-state index in [2.05, 4.69) is 11.9 Å². The summed E-state index contributed by atoms with van der Waals surface area (Å²) in [5.41, 5.74) is 0.803. The topological polar surface area (TPSA) is 49.8 Å². The van der Waals surface area contributed by atoms with E-state index < -0.39 is 5.97 Å². The number of aliphatic carboxylic acids is 1. The summed E-state index contributed by atoms with van der Waals surface area (Å²) in [5.74, 6) is 0.0107. The maximum atomic E-state index is 10.6. The van der Waals surface area contributed by atoms with E-state index in [1.807, 2.05) is 24.3 Å². The van der Waals surface area contributed by atoms with E-state index in [-0.39, 0.29) is 6.42 Å². The minimum atomic E-state index is -0.806. The number of carboxylic acid groups (broad SMARTS) is 1. The first-order chi connectivity index (χ1) is 9.65. The molecule has 4 heteroatoms. The SMILES string of the molecule is CN1CCCCC1CCOc1ccc(CC(=O)O)cc1. The number of ether oxygens (including phenoxy) is 1. The van der Waals surface area contributed by atoms with Crippen LogP contribution in [0, 0.1) is 0 Å². The van der Waals surface area contributed by atoms with Crippen molar-refractivity contribution in [2.45, 2.75) is 38.1 Å². The van der Waals surface area contributed by atoms with Gasteiger partial charge in [0.1, 0.15) is 5.75 Å². The Morgan fingerprint density at radius 1 is 1.35 bits per heavy atom. The molecule has 0 saturated carbocycles. The molecule has 0 aromatic heterocycles. The fourth-order valence-electron chi connectivity index (χ4n) is 2.70. The van der Waals surface area contributed by atoms with Gasteiger partial charge in [0.2, 0.25) is 0 Å². The smallest absolute Gasteiger partial charge is 0.307 e. The molecule has 1 aromatic rings. The predicted molar refractivity (Wildman–Crippen MR) is 78.2 cm³/mol. The standard InChI is InChI=1S/C16H23NO3/c1-17-10-3-2-4-14(17)9-11-20-15-7-5-13(6-8-15)12-16(18)19/h5-8,14H,2-4,9-12H2,1H3,(H,18,19). The van der Waals surface area contributed by atoms with Crippen molar-refractivity contribution in [3.05, 3.63) is 29.8 Å². The number of piperidine rings is 1. The number of hydrogen-bond donors (Lipinski definition) is 1. The van der Waals surface area contributed by atoms with Crippen LogP contribution in [0.5, 0.6) is 5.75 Å². The molecule has 4 nitrogen and oxygen atoms in total. The normalized spacial score (nSPS) is 19.8. The number of carbonyl (C=O) groups is 1. The second-order valence-corrected chi connectivity index (χ2v) is 5.48. The highest BCUT2D eigenvalue weighted by Crippen LogP contribution is 2.19. The molecule has 0 bridgehead atoms. The van der Waals surface area contributed by atoms with Gasteiger partial charge in [-0.2, -0.15) is 0 Å². The van der Waals surface area contributed by atoms with Gasteiger partial charge in [0.05, 0.1) is 13.0 Å². The number of carboxylic acids is 1. The van der Waals surface area contributed by atoms with Crippen LogP contribution in [0.2, 0.25) is 0 Å². The van der Waals surface area contributed by atoms with Crippen molar-refractivity contribution in [2.24, 2.45) is 0 Å². The van der Waals surface area contributed by atoms with Crippen molar-refractivity contribution in [1.82, 2.24) is 4.90 Å². The van der Waals surface area contributed by atoms with Gasteiger partial charge in [-0.1, -0.05) is 18.6 Å². The lowest BCUT2D eigenvalue weighted by molar-refractivity contribution is -0.136. The first kappa shape index (κ1) is 14.9. The van der Waals surface area contributed by atoms with Gasteiger partial charge in [-0.05, 0) is 50.6 Å². The van der Waals surface area contributed by atoms with Crippen LogP contribution in [0.3, 0.4) is 0 Å². The van der Waals surface area contributed by atoms with E-state index in [1.165, 1.54) is 25.8 Å². The molecule has 110 valence electrons. The van der Waals surface area contributed by atoms with Gasteiger partial charge in [0.25, 0.3) is 0 Å². The predicted octanol–water partition coefficient (Wildman–Crippen LogP) is 2.57. The van der Waals surface area contributed by atoms with Crippen molar-refractivity contribution in [3.63, 3.8) is 0 Å². The van der Waals surface area contributed by atoms with Crippen molar-refractivity contribution >= 4 is 5.97 Å². The fourth-order valence-corrected chi connectivity index (χ4v) is 2.70. The molecule has 1 fully saturated rings. The minimum absolute atomic E-state index is 0.0626. The van der Waals surface area contributed by atoms with Gasteiger partial charge in [0.15, 0.2) is 0 Å². The Hall–Kier alpha value is -1.55. The molecule has 1 atom stereocenters. The maximum absolute atomic E-state index is 10.6. The van der Waals surface area contributed by atoms with E-state index in [1.54, 1.807) is 0 Å². The van der Waals surface area contributed by atoms with Crippen LogP contribution in [0.1, 0.15) is 31.2 Å². The number of nitrogens with zero attached hydrogens (tertiary/aromatic N) is 1. The molecule has 1 aromatic carbocycles. The van der Waals surface area contributed by atoms with Crippen LogP contribution in [0.25, 0.3) is 0 Å². The quantitative estimate of drug-likeness (QED) is 0.868. The van der Waals surface area contributed by atoms with Gasteiger partial charge in [-0.3, -0.25) is 4.79 Å². The zero-order valence-electron chi connectivity index (χ0n) is 12.0. The molecule has 2 rings (SSSR count). The van der Waals surface area contributed by atoms with Gasteiger partial charge in [-0.25, -0.2) is 0 Å². The second kappa shape index (κ2) is 7.29. The van der Waals surface area contributed by atoms with E-state index in [0.717, 1.165) is 17.7 Å². The molecule has 1 aliphatic heterocycles. The Morgan fingerprint density at radius 2 is 2.10 bits per heavy atom. The van der Waals surface area contributed by atoms with E-state index >= 15 is 0 Å². The third kappa shape index (κ3) is 4.53. The average Bonchev–Trinajstić information content (AvgIpc) is 2.42. The number of hydrogen-bond acceptors (Lipinski definition) is 3. The summed E-state index contributed by atoms with van der Waals surface area (Å²) in [6.07, 6.45) is 5.00. The third-order valence-corrected chi connectivity index (χ3v) is 3.92. The van der Waals surface area contributed by atoms with E-state index in [0.29, 0.717) is 12.6 Å². The highest BCUT2D eigenvalue weighted by Gasteiger charge is 2.18. The van der Waals surface area contributed by atoms with Crippen LogP contribution < -0.4 is 4.74 Å². The lowest BCUT2D eigenvalue weighted by Crippen LogP contribution is -2.37. The zero-order valence-corrected chi connectivity index (χ0v) is 12.0.